The highest BCUT2D eigenvalue weighted by Gasteiger charge is 2.18. The summed E-state index contributed by atoms with van der Waals surface area (Å²) in [7, 11) is 2.06. The van der Waals surface area contributed by atoms with Crippen LogP contribution in [0.1, 0.15) is 18.1 Å². The van der Waals surface area contributed by atoms with E-state index in [4.69, 9.17) is 27.9 Å². The van der Waals surface area contributed by atoms with Gasteiger partial charge in [-0.25, -0.2) is 0 Å². The highest BCUT2D eigenvalue weighted by atomic mass is 35.5. The zero-order valence-corrected chi connectivity index (χ0v) is 11.7. The second-order valence-electron chi connectivity index (χ2n) is 4.63. The molecule has 4 heteroatoms. The summed E-state index contributed by atoms with van der Waals surface area (Å²) in [6, 6.07) is 3.98. The van der Waals surface area contributed by atoms with Crippen molar-refractivity contribution in [2.24, 2.45) is 0 Å². The summed E-state index contributed by atoms with van der Waals surface area (Å²) >= 11 is 12.1. The molecule has 1 unspecified atom stereocenters. The van der Waals surface area contributed by atoms with Crippen molar-refractivity contribution in [2.45, 2.75) is 25.3 Å². The Morgan fingerprint density at radius 1 is 1.47 bits per heavy atom. The van der Waals surface area contributed by atoms with Gasteiger partial charge in [-0.3, -0.25) is 0 Å². The zero-order valence-electron chi connectivity index (χ0n) is 10.2. The molecular formula is C13H17Cl2NO. The molecular weight excluding hydrogens is 257 g/mol. The fourth-order valence-corrected chi connectivity index (χ4v) is 2.75. The number of hydrogen-bond donors (Lipinski definition) is 0. The zero-order chi connectivity index (χ0) is 12.4. The number of hydrogen-bond acceptors (Lipinski definition) is 2. The second-order valence-corrected chi connectivity index (χ2v) is 5.81. The summed E-state index contributed by atoms with van der Waals surface area (Å²) < 4.78 is 5.67. The molecule has 0 bridgehead atoms. The number of benzene rings is 1. The minimum absolute atomic E-state index is 0.146. The molecule has 1 aromatic carbocycles. The van der Waals surface area contributed by atoms with Gasteiger partial charge in [-0.15, -0.1) is 11.6 Å². The molecule has 0 saturated carbocycles. The van der Waals surface area contributed by atoms with Crippen LogP contribution in [0.4, 0.5) is 0 Å². The number of ether oxygens (including phenoxy) is 1. The van der Waals surface area contributed by atoms with Crippen LogP contribution in [0.15, 0.2) is 12.1 Å². The maximum Gasteiger partial charge on any atom is 0.127 e. The van der Waals surface area contributed by atoms with Crippen molar-refractivity contribution in [3.63, 3.8) is 0 Å². The predicted octanol–water partition coefficient (Wildman–Crippen LogP) is 3.33. The Morgan fingerprint density at radius 2 is 2.24 bits per heavy atom. The van der Waals surface area contributed by atoms with Crippen LogP contribution >= 0.6 is 23.2 Å². The molecule has 0 radical (unpaired) electrons. The summed E-state index contributed by atoms with van der Waals surface area (Å²) in [6.45, 7) is 4.43. The smallest absolute Gasteiger partial charge is 0.127 e. The van der Waals surface area contributed by atoms with E-state index < -0.39 is 0 Å². The number of fused-ring (bicyclic) bond motifs is 1. The van der Waals surface area contributed by atoms with Crippen LogP contribution in [0.3, 0.4) is 0 Å². The Kier molecular flexibility index (Phi) is 4.18. The van der Waals surface area contributed by atoms with Gasteiger partial charge >= 0.3 is 0 Å². The second kappa shape index (κ2) is 5.47. The molecule has 2 nitrogen and oxygen atoms in total. The molecule has 1 aliphatic rings. The Bertz CT molecular complexity index is 407. The van der Waals surface area contributed by atoms with E-state index in [1.807, 2.05) is 19.1 Å². The fraction of sp³-hybridized carbons (Fsp3) is 0.538. The molecule has 17 heavy (non-hydrogen) atoms. The molecule has 1 heterocycles. The Hall–Kier alpha value is -0.440. The average Bonchev–Trinajstić information content (AvgIpc) is 2.63. The molecule has 94 valence electrons. The maximum atomic E-state index is 6.12. The topological polar surface area (TPSA) is 12.5 Å². The van der Waals surface area contributed by atoms with Crippen molar-refractivity contribution in [2.75, 3.05) is 20.2 Å². The van der Waals surface area contributed by atoms with Crippen LogP contribution in [0, 0.1) is 0 Å². The van der Waals surface area contributed by atoms with Gasteiger partial charge in [0, 0.05) is 35.5 Å². The third-order valence-corrected chi connectivity index (χ3v) is 3.19. The van der Waals surface area contributed by atoms with E-state index in [1.165, 1.54) is 5.56 Å². The molecule has 2 rings (SSSR count). The van der Waals surface area contributed by atoms with Gasteiger partial charge in [-0.05, 0) is 31.7 Å². The summed E-state index contributed by atoms with van der Waals surface area (Å²) in [4.78, 5) is 2.19. The van der Waals surface area contributed by atoms with Crippen molar-refractivity contribution < 1.29 is 4.74 Å². The normalized spacial score (nSPS) is 15.8. The fourth-order valence-electron chi connectivity index (χ4n) is 2.25. The first-order chi connectivity index (χ1) is 8.06. The van der Waals surface area contributed by atoms with Crippen molar-refractivity contribution in [1.82, 2.24) is 4.90 Å². The highest BCUT2D eigenvalue weighted by molar-refractivity contribution is 6.30. The molecule has 0 fully saturated rings. The largest absolute Gasteiger partial charge is 0.493 e. The Balaban J connectivity index is 2.15. The van der Waals surface area contributed by atoms with E-state index in [9.17, 15) is 0 Å². The van der Waals surface area contributed by atoms with E-state index in [-0.39, 0.29) is 5.38 Å². The van der Waals surface area contributed by atoms with Gasteiger partial charge in [0.05, 0.1) is 6.61 Å². The van der Waals surface area contributed by atoms with Crippen LogP contribution in [-0.2, 0) is 13.0 Å². The van der Waals surface area contributed by atoms with Crippen molar-refractivity contribution >= 4 is 23.2 Å². The standard InChI is InChI=1S/C13H17Cl2NO/c1-9(14)7-16(2)8-11-6-12(15)5-10-3-4-17-13(10)11/h5-6,9H,3-4,7-8H2,1-2H3. The molecule has 0 N–H and O–H groups in total. The van der Waals surface area contributed by atoms with E-state index in [0.29, 0.717) is 0 Å². The quantitative estimate of drug-likeness (QED) is 0.781. The van der Waals surface area contributed by atoms with Crippen molar-refractivity contribution in [3.8, 4) is 5.75 Å². The lowest BCUT2D eigenvalue weighted by Crippen LogP contribution is -2.24. The van der Waals surface area contributed by atoms with Crippen LogP contribution in [0.25, 0.3) is 0 Å². The number of rotatable bonds is 4. The monoisotopic (exact) mass is 273 g/mol. The van der Waals surface area contributed by atoms with Gasteiger partial charge < -0.3 is 9.64 Å². The van der Waals surface area contributed by atoms with E-state index >= 15 is 0 Å². The van der Waals surface area contributed by atoms with Crippen molar-refractivity contribution in [1.29, 1.82) is 0 Å². The van der Waals surface area contributed by atoms with Gasteiger partial charge in [0.1, 0.15) is 5.75 Å². The average molecular weight is 274 g/mol. The maximum absolute atomic E-state index is 6.12. The molecule has 1 atom stereocenters. The van der Waals surface area contributed by atoms with E-state index in [1.54, 1.807) is 0 Å². The molecule has 0 spiro atoms. The Labute approximate surface area is 112 Å². The van der Waals surface area contributed by atoms with Gasteiger partial charge in [0.2, 0.25) is 0 Å². The lowest BCUT2D eigenvalue weighted by molar-refractivity contribution is 0.312. The van der Waals surface area contributed by atoms with Gasteiger partial charge in [-0.2, -0.15) is 0 Å². The summed E-state index contributed by atoms with van der Waals surface area (Å²) in [5.41, 5.74) is 2.38. The summed E-state index contributed by atoms with van der Waals surface area (Å²) in [5.74, 6) is 1.02. The minimum atomic E-state index is 0.146. The van der Waals surface area contributed by atoms with Gasteiger partial charge in [0.15, 0.2) is 0 Å². The van der Waals surface area contributed by atoms with Crippen LogP contribution in [0.5, 0.6) is 5.75 Å². The first kappa shape index (κ1) is 13.0. The number of halogens is 2. The Morgan fingerprint density at radius 3 is 2.94 bits per heavy atom. The van der Waals surface area contributed by atoms with Gasteiger partial charge in [-0.1, -0.05) is 11.6 Å². The van der Waals surface area contributed by atoms with Gasteiger partial charge in [0.25, 0.3) is 0 Å². The molecule has 0 aliphatic carbocycles. The molecule has 0 saturated heterocycles. The minimum Gasteiger partial charge on any atom is -0.493 e. The number of nitrogens with zero attached hydrogens (tertiary/aromatic N) is 1. The lowest BCUT2D eigenvalue weighted by Gasteiger charge is -2.19. The molecule has 1 aromatic rings. The molecule has 0 amide bonds. The lowest BCUT2D eigenvalue weighted by atomic mass is 10.1. The SMILES string of the molecule is CC(Cl)CN(C)Cc1cc(Cl)cc2c1OCC2. The predicted molar refractivity (Wildman–Crippen MR) is 72.3 cm³/mol. The summed E-state index contributed by atoms with van der Waals surface area (Å²) in [5, 5.41) is 0.935. The molecule has 0 aromatic heterocycles. The van der Waals surface area contributed by atoms with Crippen LogP contribution in [-0.4, -0.2) is 30.5 Å². The van der Waals surface area contributed by atoms with E-state index in [0.717, 1.165) is 42.5 Å². The van der Waals surface area contributed by atoms with Crippen LogP contribution < -0.4 is 4.74 Å². The molecule has 1 aliphatic heterocycles. The first-order valence-electron chi connectivity index (χ1n) is 5.83. The van der Waals surface area contributed by atoms with E-state index in [2.05, 4.69) is 11.9 Å². The number of alkyl halides is 1. The van der Waals surface area contributed by atoms with Crippen molar-refractivity contribution in [3.05, 3.63) is 28.3 Å². The highest BCUT2D eigenvalue weighted by Crippen LogP contribution is 2.33. The third kappa shape index (κ3) is 3.27. The summed E-state index contributed by atoms with van der Waals surface area (Å²) in [6.07, 6.45) is 0.957. The van der Waals surface area contributed by atoms with Crippen LogP contribution in [0.2, 0.25) is 5.02 Å². The first-order valence-corrected chi connectivity index (χ1v) is 6.64. The third-order valence-electron chi connectivity index (χ3n) is 2.83.